The van der Waals surface area contributed by atoms with E-state index >= 15 is 0 Å². The van der Waals surface area contributed by atoms with Gasteiger partial charge < -0.3 is 5.32 Å². The Bertz CT molecular complexity index is 117. The number of hydrogen-bond acceptors (Lipinski definition) is 1. The topological polar surface area (TPSA) is 12.0 Å². The molecule has 0 amide bonds. The van der Waals surface area contributed by atoms with Crippen LogP contribution >= 0.6 is 0 Å². The Balaban J connectivity index is 3.27. The lowest BCUT2D eigenvalue weighted by Gasteiger charge is -2.09. The molecule has 0 saturated heterocycles. The SMILES string of the molecule is C#CCNC(C)CC(F)F. The molecule has 3 heteroatoms. The first-order chi connectivity index (χ1) is 4.66. The van der Waals surface area contributed by atoms with Gasteiger partial charge in [-0.25, -0.2) is 8.78 Å². The molecule has 0 fully saturated rings. The summed E-state index contributed by atoms with van der Waals surface area (Å²) >= 11 is 0. The summed E-state index contributed by atoms with van der Waals surface area (Å²) < 4.78 is 23.2. The van der Waals surface area contributed by atoms with Gasteiger partial charge in [-0.1, -0.05) is 5.92 Å². The maximum atomic E-state index is 11.6. The highest BCUT2D eigenvalue weighted by molar-refractivity contribution is 4.87. The summed E-state index contributed by atoms with van der Waals surface area (Å²) in [6.07, 6.45) is 2.52. The first-order valence-corrected chi connectivity index (χ1v) is 3.11. The Morgan fingerprint density at radius 1 is 1.60 bits per heavy atom. The third-order valence-electron chi connectivity index (χ3n) is 1.08. The van der Waals surface area contributed by atoms with Gasteiger partial charge in [0.05, 0.1) is 6.54 Å². The lowest BCUT2D eigenvalue weighted by molar-refractivity contribution is 0.125. The average Bonchev–Trinajstić information content (AvgIpc) is 1.82. The van der Waals surface area contributed by atoms with Crippen molar-refractivity contribution < 1.29 is 8.78 Å². The summed E-state index contributed by atoms with van der Waals surface area (Å²) in [5.41, 5.74) is 0. The molecule has 0 aliphatic heterocycles. The van der Waals surface area contributed by atoms with Crippen molar-refractivity contribution >= 4 is 0 Å². The van der Waals surface area contributed by atoms with Gasteiger partial charge in [-0.15, -0.1) is 6.42 Å². The first-order valence-electron chi connectivity index (χ1n) is 3.11. The van der Waals surface area contributed by atoms with Gasteiger partial charge in [0.25, 0.3) is 0 Å². The molecule has 0 rings (SSSR count). The fourth-order valence-corrected chi connectivity index (χ4v) is 0.584. The third kappa shape index (κ3) is 5.52. The van der Waals surface area contributed by atoms with Crippen LogP contribution < -0.4 is 5.32 Å². The molecule has 0 radical (unpaired) electrons. The lowest BCUT2D eigenvalue weighted by Crippen LogP contribution is -2.28. The van der Waals surface area contributed by atoms with Crippen molar-refractivity contribution in [3.63, 3.8) is 0 Å². The van der Waals surface area contributed by atoms with Crippen molar-refractivity contribution in [3.05, 3.63) is 0 Å². The van der Waals surface area contributed by atoms with Crippen molar-refractivity contribution in [2.24, 2.45) is 0 Å². The fraction of sp³-hybridized carbons (Fsp3) is 0.714. The first kappa shape index (κ1) is 9.38. The van der Waals surface area contributed by atoms with E-state index in [1.165, 1.54) is 0 Å². The fourth-order valence-electron chi connectivity index (χ4n) is 0.584. The zero-order chi connectivity index (χ0) is 7.98. The van der Waals surface area contributed by atoms with Crippen molar-refractivity contribution in [1.29, 1.82) is 0 Å². The molecule has 0 aliphatic carbocycles. The molecule has 0 spiro atoms. The van der Waals surface area contributed by atoms with E-state index in [0.717, 1.165) is 0 Å². The summed E-state index contributed by atoms with van der Waals surface area (Å²) in [7, 11) is 0. The predicted molar refractivity (Wildman–Crippen MR) is 36.9 cm³/mol. The standard InChI is InChI=1S/C7H11F2N/c1-3-4-10-6(2)5-7(8)9/h1,6-7,10H,4-5H2,2H3. The van der Waals surface area contributed by atoms with Gasteiger partial charge in [0.2, 0.25) is 6.43 Å². The van der Waals surface area contributed by atoms with Gasteiger partial charge in [0, 0.05) is 12.5 Å². The molecule has 1 N–H and O–H groups in total. The van der Waals surface area contributed by atoms with Crippen LogP contribution in [-0.2, 0) is 0 Å². The highest BCUT2D eigenvalue weighted by Crippen LogP contribution is 2.02. The van der Waals surface area contributed by atoms with Crippen LogP contribution in [0.25, 0.3) is 0 Å². The highest BCUT2D eigenvalue weighted by atomic mass is 19.3. The quantitative estimate of drug-likeness (QED) is 0.590. The Kier molecular flexibility index (Phi) is 4.87. The lowest BCUT2D eigenvalue weighted by atomic mass is 10.2. The van der Waals surface area contributed by atoms with E-state index < -0.39 is 6.43 Å². The van der Waals surface area contributed by atoms with Crippen LogP contribution in [0.3, 0.4) is 0 Å². The van der Waals surface area contributed by atoms with Crippen LogP contribution in [0.4, 0.5) is 8.78 Å². The minimum atomic E-state index is -2.25. The van der Waals surface area contributed by atoms with Crippen LogP contribution in [0.2, 0.25) is 0 Å². The largest absolute Gasteiger partial charge is 0.304 e. The Labute approximate surface area is 59.8 Å². The zero-order valence-corrected chi connectivity index (χ0v) is 5.90. The maximum Gasteiger partial charge on any atom is 0.240 e. The van der Waals surface area contributed by atoms with E-state index in [9.17, 15) is 8.78 Å². The summed E-state index contributed by atoms with van der Waals surface area (Å²) in [5.74, 6) is 2.32. The molecule has 10 heavy (non-hydrogen) atoms. The Hall–Kier alpha value is -0.620. The number of terminal acetylenes is 1. The number of rotatable bonds is 4. The minimum Gasteiger partial charge on any atom is -0.304 e. The molecule has 0 bridgehead atoms. The monoisotopic (exact) mass is 147 g/mol. The van der Waals surface area contributed by atoms with E-state index in [2.05, 4.69) is 11.2 Å². The summed E-state index contributed by atoms with van der Waals surface area (Å²) in [5, 5.41) is 2.75. The summed E-state index contributed by atoms with van der Waals surface area (Å²) in [6.45, 7) is 2.04. The molecular weight excluding hydrogens is 136 g/mol. The number of halogens is 2. The highest BCUT2D eigenvalue weighted by Gasteiger charge is 2.07. The molecule has 58 valence electrons. The molecule has 0 aromatic rings. The van der Waals surface area contributed by atoms with Crippen molar-refractivity contribution in [2.75, 3.05) is 6.54 Å². The van der Waals surface area contributed by atoms with Gasteiger partial charge in [0.1, 0.15) is 0 Å². The van der Waals surface area contributed by atoms with Gasteiger partial charge in [-0.2, -0.15) is 0 Å². The smallest absolute Gasteiger partial charge is 0.240 e. The maximum absolute atomic E-state index is 11.6. The van der Waals surface area contributed by atoms with Gasteiger partial charge >= 0.3 is 0 Å². The van der Waals surface area contributed by atoms with E-state index in [1.54, 1.807) is 6.92 Å². The second kappa shape index (κ2) is 5.19. The van der Waals surface area contributed by atoms with Crippen molar-refractivity contribution in [2.45, 2.75) is 25.8 Å². The zero-order valence-electron chi connectivity index (χ0n) is 5.90. The van der Waals surface area contributed by atoms with Crippen LogP contribution in [0.5, 0.6) is 0 Å². The van der Waals surface area contributed by atoms with Crippen LogP contribution in [0, 0.1) is 12.3 Å². The van der Waals surface area contributed by atoms with Crippen LogP contribution in [0.1, 0.15) is 13.3 Å². The van der Waals surface area contributed by atoms with Gasteiger partial charge in [0.15, 0.2) is 0 Å². The van der Waals surface area contributed by atoms with E-state index in [1.807, 2.05) is 0 Å². The van der Waals surface area contributed by atoms with Crippen LogP contribution in [-0.4, -0.2) is 19.0 Å². The van der Waals surface area contributed by atoms with Crippen LogP contribution in [0.15, 0.2) is 0 Å². The summed E-state index contributed by atoms with van der Waals surface area (Å²) in [4.78, 5) is 0. The molecule has 0 aromatic carbocycles. The van der Waals surface area contributed by atoms with Gasteiger partial charge in [-0.3, -0.25) is 0 Å². The third-order valence-corrected chi connectivity index (χ3v) is 1.08. The minimum absolute atomic E-state index is 0.137. The number of nitrogens with one attached hydrogen (secondary N) is 1. The van der Waals surface area contributed by atoms with E-state index in [0.29, 0.717) is 6.54 Å². The molecule has 0 saturated carbocycles. The normalized spacial score (nSPS) is 13.1. The predicted octanol–water partition coefficient (Wildman–Crippen LogP) is 1.25. The van der Waals surface area contributed by atoms with Gasteiger partial charge in [-0.05, 0) is 6.92 Å². The number of hydrogen-bond donors (Lipinski definition) is 1. The van der Waals surface area contributed by atoms with Crippen molar-refractivity contribution in [1.82, 2.24) is 5.32 Å². The molecule has 1 unspecified atom stereocenters. The Morgan fingerprint density at radius 2 is 2.20 bits per heavy atom. The second-order valence-corrected chi connectivity index (χ2v) is 2.11. The van der Waals surface area contributed by atoms with E-state index in [-0.39, 0.29) is 12.5 Å². The number of alkyl halides is 2. The molecule has 0 heterocycles. The summed E-state index contributed by atoms with van der Waals surface area (Å²) in [6, 6.07) is -0.198. The molecule has 1 atom stereocenters. The average molecular weight is 147 g/mol. The molecule has 0 aliphatic rings. The second-order valence-electron chi connectivity index (χ2n) is 2.11. The molecular formula is C7H11F2N. The molecule has 0 aromatic heterocycles. The molecule has 1 nitrogen and oxygen atoms in total. The Morgan fingerprint density at radius 3 is 2.60 bits per heavy atom. The van der Waals surface area contributed by atoms with Crippen molar-refractivity contribution in [3.8, 4) is 12.3 Å². The van der Waals surface area contributed by atoms with E-state index in [4.69, 9.17) is 6.42 Å².